The van der Waals surface area contributed by atoms with Crippen molar-refractivity contribution in [1.82, 2.24) is 0 Å². The van der Waals surface area contributed by atoms with Gasteiger partial charge in [0.15, 0.2) is 18.1 Å². The molecule has 1 N–H and O–H groups in total. The van der Waals surface area contributed by atoms with Gasteiger partial charge in [-0.2, -0.15) is 0 Å². The molecule has 0 fully saturated rings. The summed E-state index contributed by atoms with van der Waals surface area (Å²) in [6.07, 6.45) is 2.38. The summed E-state index contributed by atoms with van der Waals surface area (Å²) in [5.41, 5.74) is 0.552. The zero-order chi connectivity index (χ0) is 15.8. The highest BCUT2D eigenvalue weighted by atomic mass is 16.6. The number of hydrogen-bond acceptors (Lipinski definition) is 6. The fourth-order valence-corrected chi connectivity index (χ4v) is 1.50. The molecule has 7 nitrogen and oxygen atoms in total. The highest BCUT2D eigenvalue weighted by Gasteiger charge is 2.15. The lowest BCUT2D eigenvalue weighted by Gasteiger charge is -2.14. The fraction of sp³-hybridized carbons (Fsp3) is 0.286. The number of rotatable bonds is 7. The third kappa shape index (κ3) is 4.72. The van der Waals surface area contributed by atoms with Crippen LogP contribution in [0.4, 0.5) is 0 Å². The monoisotopic (exact) mass is 296 g/mol. The van der Waals surface area contributed by atoms with Crippen molar-refractivity contribution < 1.29 is 33.6 Å². The summed E-state index contributed by atoms with van der Waals surface area (Å²) >= 11 is 0. The van der Waals surface area contributed by atoms with Crippen LogP contribution in [-0.4, -0.2) is 45.0 Å². The zero-order valence-electron chi connectivity index (χ0n) is 11.9. The number of ether oxygens (including phenoxy) is 4. The van der Waals surface area contributed by atoms with E-state index in [1.54, 1.807) is 12.1 Å². The first-order valence-corrected chi connectivity index (χ1v) is 5.88. The average molecular weight is 296 g/mol. The van der Waals surface area contributed by atoms with Gasteiger partial charge in [-0.05, 0) is 23.8 Å². The minimum absolute atomic E-state index is 0.234. The summed E-state index contributed by atoms with van der Waals surface area (Å²) in [5.74, 6) is -0.766. The van der Waals surface area contributed by atoms with Gasteiger partial charge in [0.2, 0.25) is 5.75 Å². The van der Waals surface area contributed by atoms with Gasteiger partial charge in [-0.3, -0.25) is 0 Å². The van der Waals surface area contributed by atoms with E-state index in [1.165, 1.54) is 27.4 Å². The van der Waals surface area contributed by atoms with E-state index in [1.807, 2.05) is 0 Å². The number of carboxylic acids is 1. The first kappa shape index (κ1) is 16.4. The van der Waals surface area contributed by atoms with Crippen LogP contribution in [0.5, 0.6) is 17.2 Å². The molecule has 114 valence electrons. The van der Waals surface area contributed by atoms with Crippen LogP contribution in [-0.2, 0) is 14.3 Å². The van der Waals surface area contributed by atoms with Gasteiger partial charge in [0.1, 0.15) is 0 Å². The lowest BCUT2D eigenvalue weighted by molar-refractivity contribution is -0.143. The van der Waals surface area contributed by atoms with Crippen molar-refractivity contribution in [1.29, 1.82) is 0 Å². The second-order valence-electron chi connectivity index (χ2n) is 3.79. The average Bonchev–Trinajstić information content (AvgIpc) is 2.49. The second kappa shape index (κ2) is 7.78. The Morgan fingerprint density at radius 1 is 1.14 bits per heavy atom. The van der Waals surface area contributed by atoms with Crippen LogP contribution in [0.2, 0.25) is 0 Å². The molecule has 0 saturated carbocycles. The van der Waals surface area contributed by atoms with E-state index in [4.69, 9.17) is 19.3 Å². The largest absolute Gasteiger partial charge is 0.493 e. The fourth-order valence-electron chi connectivity index (χ4n) is 1.50. The topological polar surface area (TPSA) is 91.3 Å². The molecule has 0 spiro atoms. The van der Waals surface area contributed by atoms with Gasteiger partial charge in [-0.15, -0.1) is 0 Å². The summed E-state index contributed by atoms with van der Waals surface area (Å²) in [6.45, 7) is -0.298. The molecule has 0 radical (unpaired) electrons. The van der Waals surface area contributed by atoms with Crippen molar-refractivity contribution in [2.24, 2.45) is 0 Å². The summed E-state index contributed by atoms with van der Waals surface area (Å²) in [5, 5.41) is 8.63. The predicted octanol–water partition coefficient (Wildman–Crippen LogP) is 1.35. The van der Waals surface area contributed by atoms with Gasteiger partial charge in [-0.25, -0.2) is 9.59 Å². The standard InChI is InChI=1S/C14H16O7/c1-18-10-6-9(4-5-12(15)16)7-11(19-2)14(10)21-8-13(17)20-3/h4-7H,8H2,1-3H3,(H,15,16)/b5-4+. The Balaban J connectivity index is 3.12. The Labute approximate surface area is 121 Å². The van der Waals surface area contributed by atoms with Crippen LogP contribution in [0.1, 0.15) is 5.56 Å². The van der Waals surface area contributed by atoms with Crippen LogP contribution < -0.4 is 14.2 Å². The summed E-state index contributed by atoms with van der Waals surface area (Å²) in [4.78, 5) is 21.7. The summed E-state index contributed by atoms with van der Waals surface area (Å²) in [6, 6.07) is 3.13. The SMILES string of the molecule is COC(=O)COc1c(OC)cc(/C=C/C(=O)O)cc1OC. The van der Waals surface area contributed by atoms with E-state index in [-0.39, 0.29) is 12.4 Å². The van der Waals surface area contributed by atoms with Crippen molar-refractivity contribution in [2.45, 2.75) is 0 Å². The Morgan fingerprint density at radius 2 is 1.71 bits per heavy atom. The van der Waals surface area contributed by atoms with Gasteiger partial charge >= 0.3 is 11.9 Å². The normalized spacial score (nSPS) is 10.2. The quantitative estimate of drug-likeness (QED) is 0.600. The molecule has 0 bridgehead atoms. The molecule has 1 aromatic rings. The van der Waals surface area contributed by atoms with E-state index >= 15 is 0 Å². The maximum atomic E-state index is 11.1. The Kier molecular flexibility index (Phi) is 6.06. The number of benzene rings is 1. The molecule has 0 unspecified atom stereocenters. The highest BCUT2D eigenvalue weighted by Crippen LogP contribution is 2.38. The van der Waals surface area contributed by atoms with Crippen LogP contribution in [0.15, 0.2) is 18.2 Å². The predicted molar refractivity (Wildman–Crippen MR) is 73.7 cm³/mol. The van der Waals surface area contributed by atoms with Gasteiger partial charge in [0, 0.05) is 6.08 Å². The van der Waals surface area contributed by atoms with Crippen molar-refractivity contribution in [2.75, 3.05) is 27.9 Å². The van der Waals surface area contributed by atoms with Crippen molar-refractivity contribution in [3.8, 4) is 17.2 Å². The Morgan fingerprint density at radius 3 is 2.14 bits per heavy atom. The van der Waals surface area contributed by atoms with E-state index in [2.05, 4.69) is 4.74 Å². The molecule has 0 saturated heterocycles. The van der Waals surface area contributed by atoms with Crippen LogP contribution >= 0.6 is 0 Å². The molecular weight excluding hydrogens is 280 g/mol. The molecule has 0 aliphatic heterocycles. The van der Waals surface area contributed by atoms with E-state index < -0.39 is 11.9 Å². The lowest BCUT2D eigenvalue weighted by atomic mass is 10.1. The zero-order valence-corrected chi connectivity index (χ0v) is 11.9. The van der Waals surface area contributed by atoms with Crippen LogP contribution in [0, 0.1) is 0 Å². The van der Waals surface area contributed by atoms with Crippen LogP contribution in [0.3, 0.4) is 0 Å². The lowest BCUT2D eigenvalue weighted by Crippen LogP contribution is -2.13. The molecule has 7 heteroatoms. The third-order valence-electron chi connectivity index (χ3n) is 2.46. The second-order valence-corrected chi connectivity index (χ2v) is 3.79. The molecule has 0 aromatic heterocycles. The molecule has 0 aliphatic carbocycles. The minimum atomic E-state index is -1.07. The number of carbonyl (C=O) groups is 2. The third-order valence-corrected chi connectivity index (χ3v) is 2.46. The number of esters is 1. The minimum Gasteiger partial charge on any atom is -0.493 e. The summed E-state index contributed by atoms with van der Waals surface area (Å²) < 4.78 is 20.1. The number of carboxylic acid groups (broad SMARTS) is 1. The Bertz CT molecular complexity index is 523. The number of hydrogen-bond donors (Lipinski definition) is 1. The van der Waals surface area contributed by atoms with Crippen molar-refractivity contribution in [3.05, 3.63) is 23.8 Å². The van der Waals surface area contributed by atoms with Crippen LogP contribution in [0.25, 0.3) is 6.08 Å². The molecule has 0 amide bonds. The number of aliphatic carboxylic acids is 1. The van der Waals surface area contributed by atoms with E-state index in [0.717, 1.165) is 6.08 Å². The number of methoxy groups -OCH3 is 3. The van der Waals surface area contributed by atoms with E-state index in [9.17, 15) is 9.59 Å². The van der Waals surface area contributed by atoms with Gasteiger partial charge < -0.3 is 24.1 Å². The van der Waals surface area contributed by atoms with Gasteiger partial charge in [-0.1, -0.05) is 0 Å². The van der Waals surface area contributed by atoms with Gasteiger partial charge in [0.25, 0.3) is 0 Å². The molecule has 0 atom stereocenters. The highest BCUT2D eigenvalue weighted by molar-refractivity contribution is 5.85. The van der Waals surface area contributed by atoms with Crippen molar-refractivity contribution in [3.63, 3.8) is 0 Å². The number of carbonyl (C=O) groups excluding carboxylic acids is 1. The summed E-state index contributed by atoms with van der Waals surface area (Å²) in [7, 11) is 4.09. The molecular formula is C14H16O7. The molecule has 0 heterocycles. The molecule has 21 heavy (non-hydrogen) atoms. The van der Waals surface area contributed by atoms with Gasteiger partial charge in [0.05, 0.1) is 21.3 Å². The maximum absolute atomic E-state index is 11.1. The first-order valence-electron chi connectivity index (χ1n) is 5.88. The Hall–Kier alpha value is -2.70. The maximum Gasteiger partial charge on any atom is 0.343 e. The van der Waals surface area contributed by atoms with E-state index in [0.29, 0.717) is 17.1 Å². The van der Waals surface area contributed by atoms with Crippen molar-refractivity contribution >= 4 is 18.0 Å². The first-order chi connectivity index (χ1) is 10.0. The molecule has 1 aromatic carbocycles. The molecule has 0 aliphatic rings. The smallest absolute Gasteiger partial charge is 0.343 e. The molecule has 1 rings (SSSR count).